The number of anilines is 1. The van der Waals surface area contributed by atoms with E-state index in [4.69, 9.17) is 9.84 Å². The number of alkyl halides is 1. The molecule has 0 aliphatic carbocycles. The fourth-order valence-corrected chi connectivity index (χ4v) is 2.56. The molecule has 2 aromatic heterocycles. The van der Waals surface area contributed by atoms with Crippen LogP contribution in [0, 0.1) is 5.92 Å². The molecule has 3 heterocycles. The van der Waals surface area contributed by atoms with Crippen LogP contribution in [-0.2, 0) is 9.53 Å². The Bertz CT molecular complexity index is 894. The molecule has 12 heteroatoms. The molecule has 1 amide bonds. The molecule has 0 radical (unpaired) electrons. The Morgan fingerprint density at radius 1 is 1.58 bits per heavy atom. The molecule has 1 saturated heterocycles. The summed E-state index contributed by atoms with van der Waals surface area (Å²) in [7, 11) is 0. The van der Waals surface area contributed by atoms with Gasteiger partial charge in [0.15, 0.2) is 17.4 Å². The zero-order chi connectivity index (χ0) is 19.2. The zero-order valence-corrected chi connectivity index (χ0v) is 13.9. The van der Waals surface area contributed by atoms with Crippen LogP contribution in [0.5, 0.6) is 0 Å². The third-order valence-electron chi connectivity index (χ3n) is 4.05. The minimum atomic E-state index is -3.26. The van der Waals surface area contributed by atoms with Crippen molar-refractivity contribution >= 4 is 23.0 Å². The molecule has 11 nitrogen and oxygen atoms in total. The van der Waals surface area contributed by atoms with Crippen LogP contribution in [0.15, 0.2) is 11.1 Å². The third-order valence-corrected chi connectivity index (χ3v) is 4.05. The molecule has 2 aromatic rings. The molecule has 0 unspecified atom stereocenters. The minimum Gasteiger partial charge on any atom is -0.394 e. The van der Waals surface area contributed by atoms with E-state index in [-0.39, 0.29) is 23.0 Å². The number of carbonyl (C=O) groups is 1. The molecule has 0 saturated carbocycles. The van der Waals surface area contributed by atoms with E-state index in [1.807, 2.05) is 0 Å². The lowest BCUT2D eigenvalue weighted by atomic mass is 10.1. The number of hydrogen-bond donors (Lipinski definition) is 5. The lowest BCUT2D eigenvalue weighted by molar-refractivity contribution is -0.195. The number of imidazole rings is 1. The number of aliphatic hydroxyl groups excluding tert-OH is 2. The van der Waals surface area contributed by atoms with E-state index < -0.39 is 42.4 Å². The Morgan fingerprint density at radius 3 is 2.85 bits per heavy atom. The van der Waals surface area contributed by atoms with Crippen molar-refractivity contribution in [2.24, 2.45) is 5.92 Å². The summed E-state index contributed by atoms with van der Waals surface area (Å²) in [6.45, 7) is 2.55. The van der Waals surface area contributed by atoms with Gasteiger partial charge in [-0.25, -0.2) is 9.37 Å². The highest BCUT2D eigenvalue weighted by atomic mass is 19.2. The Kier molecular flexibility index (Phi) is 4.52. The van der Waals surface area contributed by atoms with Crippen molar-refractivity contribution in [3.05, 3.63) is 16.7 Å². The van der Waals surface area contributed by atoms with Crippen molar-refractivity contribution in [2.45, 2.75) is 38.1 Å². The largest absolute Gasteiger partial charge is 0.394 e. The molecule has 142 valence electrons. The summed E-state index contributed by atoms with van der Waals surface area (Å²) >= 11 is 0. The van der Waals surface area contributed by atoms with Gasteiger partial charge in [0.05, 0.1) is 12.9 Å². The molecule has 0 spiro atoms. The van der Waals surface area contributed by atoms with E-state index in [1.165, 1.54) is 0 Å². The number of hydrogen-bond acceptors (Lipinski definition) is 8. The monoisotopic (exact) mass is 371 g/mol. The quantitative estimate of drug-likeness (QED) is 0.439. The maximum absolute atomic E-state index is 14.6. The third kappa shape index (κ3) is 2.86. The summed E-state index contributed by atoms with van der Waals surface area (Å²) < 4.78 is 20.6. The second-order valence-electron chi connectivity index (χ2n) is 6.26. The Morgan fingerprint density at radius 2 is 2.27 bits per heavy atom. The first-order valence-electron chi connectivity index (χ1n) is 7.80. The Balaban J connectivity index is 2.06. The number of amides is 1. The number of carbonyl (C=O) groups excluding carboxylic acids is 1. The molecule has 4 atom stereocenters. The van der Waals surface area contributed by atoms with Gasteiger partial charge in [0.25, 0.3) is 11.4 Å². The van der Waals surface area contributed by atoms with E-state index in [2.05, 4.69) is 20.3 Å². The summed E-state index contributed by atoms with van der Waals surface area (Å²) in [5, 5.41) is 31.2. The van der Waals surface area contributed by atoms with Crippen LogP contribution in [-0.4, -0.2) is 65.4 Å². The van der Waals surface area contributed by atoms with Crippen LogP contribution in [0.2, 0.25) is 0 Å². The maximum atomic E-state index is 14.6. The van der Waals surface area contributed by atoms with Gasteiger partial charge in [-0.15, -0.1) is 0 Å². The van der Waals surface area contributed by atoms with Crippen LogP contribution in [0.4, 0.5) is 10.3 Å². The van der Waals surface area contributed by atoms with Gasteiger partial charge in [-0.2, -0.15) is 4.98 Å². The summed E-state index contributed by atoms with van der Waals surface area (Å²) in [5.41, 5.74) is -1.07. The molecule has 1 aliphatic heterocycles. The van der Waals surface area contributed by atoms with E-state index in [0.29, 0.717) is 0 Å². The molecular weight excluding hydrogens is 353 g/mol. The number of aromatic amines is 1. The van der Waals surface area contributed by atoms with Crippen molar-refractivity contribution in [1.29, 1.82) is 0 Å². The van der Waals surface area contributed by atoms with E-state index in [9.17, 15) is 24.2 Å². The average Bonchev–Trinajstić information content (AvgIpc) is 3.07. The van der Waals surface area contributed by atoms with Gasteiger partial charge in [0.1, 0.15) is 12.2 Å². The lowest BCUT2D eigenvalue weighted by Crippen LogP contribution is -2.43. The van der Waals surface area contributed by atoms with Gasteiger partial charge in [-0.1, -0.05) is 13.8 Å². The number of aromatic nitrogens is 4. The number of fused-ring (bicyclic) bond motifs is 1. The molecule has 26 heavy (non-hydrogen) atoms. The topological polar surface area (TPSA) is 163 Å². The molecule has 3 rings (SSSR count). The number of H-pyrrole nitrogens is 1. The highest BCUT2D eigenvalue weighted by Gasteiger charge is 2.57. The number of rotatable bonds is 4. The van der Waals surface area contributed by atoms with Crippen LogP contribution in [0.3, 0.4) is 0 Å². The van der Waals surface area contributed by atoms with Crippen LogP contribution < -0.4 is 10.9 Å². The number of nitrogens with zero attached hydrogens (tertiary/aromatic N) is 3. The van der Waals surface area contributed by atoms with Gasteiger partial charge < -0.3 is 20.1 Å². The normalized spacial score (nSPS) is 28.8. The number of nitrogens with one attached hydrogen (secondary N) is 2. The van der Waals surface area contributed by atoms with Gasteiger partial charge in [-0.05, 0) is 0 Å². The summed E-state index contributed by atoms with van der Waals surface area (Å²) in [6, 6.07) is 0. The van der Waals surface area contributed by atoms with Gasteiger partial charge in [-0.3, -0.25) is 24.5 Å². The van der Waals surface area contributed by atoms with E-state index >= 15 is 0 Å². The van der Waals surface area contributed by atoms with Crippen molar-refractivity contribution < 1.29 is 29.2 Å². The second-order valence-corrected chi connectivity index (χ2v) is 6.26. The first-order chi connectivity index (χ1) is 12.2. The van der Waals surface area contributed by atoms with Crippen molar-refractivity contribution in [3.8, 4) is 0 Å². The van der Waals surface area contributed by atoms with Crippen LogP contribution >= 0.6 is 0 Å². The number of aliphatic hydroxyl groups is 3. The first-order valence-corrected chi connectivity index (χ1v) is 7.80. The maximum Gasteiger partial charge on any atom is 0.281 e. The predicted molar refractivity (Wildman–Crippen MR) is 84.7 cm³/mol. The van der Waals surface area contributed by atoms with E-state index in [1.54, 1.807) is 13.8 Å². The zero-order valence-electron chi connectivity index (χ0n) is 13.9. The highest BCUT2D eigenvalue weighted by molar-refractivity contribution is 5.91. The number of halogens is 1. The second kappa shape index (κ2) is 6.39. The molecule has 0 bridgehead atoms. The smallest absolute Gasteiger partial charge is 0.281 e. The average molecular weight is 371 g/mol. The summed E-state index contributed by atoms with van der Waals surface area (Å²) in [5.74, 6) is -4.24. The lowest BCUT2D eigenvalue weighted by Gasteiger charge is -2.23. The summed E-state index contributed by atoms with van der Waals surface area (Å²) in [4.78, 5) is 34.0. The highest BCUT2D eigenvalue weighted by Crippen LogP contribution is 2.40. The van der Waals surface area contributed by atoms with Crippen LogP contribution in [0.25, 0.3) is 11.2 Å². The van der Waals surface area contributed by atoms with Gasteiger partial charge >= 0.3 is 0 Å². The van der Waals surface area contributed by atoms with Crippen molar-refractivity contribution in [3.63, 3.8) is 0 Å². The fourth-order valence-electron chi connectivity index (χ4n) is 2.56. The molecule has 1 fully saturated rings. The first kappa shape index (κ1) is 18.4. The fraction of sp³-hybridized carbons (Fsp3) is 0.571. The number of ether oxygens (including phenoxy) is 1. The standard InChI is InChI=1S/C14H18FN5O6/c1-5(2)10(23)18-13-17-9-7(11(24)19-13)16-4-20(9)12-14(15,25)8(22)6(3-21)26-12/h4-6,8,12,21-22,25H,3H2,1-2H3,(H2,17,18,19,23,24)/t6-,8-,12-,14-/m1/s1. The Labute approximate surface area is 145 Å². The van der Waals surface area contributed by atoms with Crippen molar-refractivity contribution in [2.75, 3.05) is 11.9 Å². The minimum absolute atomic E-state index is 0.181. The molecule has 1 aliphatic rings. The molecule has 5 N–H and O–H groups in total. The van der Waals surface area contributed by atoms with Gasteiger partial charge in [0, 0.05) is 5.92 Å². The van der Waals surface area contributed by atoms with E-state index in [0.717, 1.165) is 10.9 Å². The van der Waals surface area contributed by atoms with Crippen LogP contribution in [0.1, 0.15) is 20.1 Å². The summed E-state index contributed by atoms with van der Waals surface area (Å²) in [6.07, 6.45) is -4.20. The van der Waals surface area contributed by atoms with Gasteiger partial charge in [0.2, 0.25) is 11.9 Å². The SMILES string of the molecule is CC(C)C(=O)Nc1nc2c(ncn2[C@@H]2O[C@H](CO)[C@@H](O)[C@]2(O)F)c(=O)[nH]1. The van der Waals surface area contributed by atoms with Crippen molar-refractivity contribution in [1.82, 2.24) is 19.5 Å². The molecule has 0 aromatic carbocycles. The Hall–Kier alpha value is -2.41. The molecular formula is C14H18FN5O6. The predicted octanol–water partition coefficient (Wildman–Crippen LogP) is -1.38.